The van der Waals surface area contributed by atoms with Crippen molar-refractivity contribution in [1.82, 2.24) is 29.7 Å². The van der Waals surface area contributed by atoms with E-state index in [1.165, 1.54) is 18.2 Å². The number of rotatable bonds is 5. The molecule has 33 heavy (non-hydrogen) atoms. The maximum atomic E-state index is 13.7. The molecule has 0 spiro atoms. The normalized spacial score (nSPS) is 12.8. The van der Waals surface area contributed by atoms with Crippen LogP contribution in [-0.2, 0) is 12.7 Å². The van der Waals surface area contributed by atoms with Crippen LogP contribution in [0.5, 0.6) is 0 Å². The maximum Gasteiger partial charge on any atom is 0.433 e. The molecule has 0 fully saturated rings. The molecule has 0 saturated carbocycles. The lowest BCUT2D eigenvalue weighted by molar-refractivity contribution is -0.142. The minimum Gasteiger partial charge on any atom is -0.344 e. The van der Waals surface area contributed by atoms with Crippen molar-refractivity contribution in [3.63, 3.8) is 0 Å². The van der Waals surface area contributed by atoms with E-state index in [0.717, 1.165) is 29.5 Å². The van der Waals surface area contributed by atoms with E-state index in [1.807, 2.05) is 13.8 Å². The van der Waals surface area contributed by atoms with Crippen LogP contribution in [0.2, 0.25) is 0 Å². The highest BCUT2D eigenvalue weighted by Crippen LogP contribution is 2.32. The first-order valence-corrected chi connectivity index (χ1v) is 10.2. The van der Waals surface area contributed by atoms with Crippen molar-refractivity contribution in [2.45, 2.75) is 39.5 Å². The predicted octanol–water partition coefficient (Wildman–Crippen LogP) is 4.57. The van der Waals surface area contributed by atoms with Crippen molar-refractivity contribution in [2.75, 3.05) is 0 Å². The first-order chi connectivity index (χ1) is 15.6. The molecule has 3 heterocycles. The Morgan fingerprint density at radius 1 is 1.18 bits per heavy atom. The third-order valence-electron chi connectivity index (χ3n) is 5.35. The Kier molecular flexibility index (Phi) is 5.64. The highest BCUT2D eigenvalue weighted by Gasteiger charge is 2.35. The van der Waals surface area contributed by atoms with Crippen LogP contribution in [0.4, 0.5) is 17.6 Å². The first kappa shape index (κ1) is 22.4. The minimum atomic E-state index is -4.76. The molecule has 3 aromatic heterocycles. The molecule has 1 aromatic carbocycles. The number of halogens is 4. The number of hydrogen-bond donors (Lipinski definition) is 1. The van der Waals surface area contributed by atoms with Crippen molar-refractivity contribution in [2.24, 2.45) is 0 Å². The third-order valence-corrected chi connectivity index (χ3v) is 5.35. The molecule has 1 unspecified atom stereocenters. The SMILES string of the molecule is CCn1ncc(C(C)NC(=O)c2cc3nc(-c4ccc(F)cc4)cc(C(F)(F)F)n3n2)c1C. The second-order valence-corrected chi connectivity index (χ2v) is 7.53. The van der Waals surface area contributed by atoms with Crippen molar-refractivity contribution < 1.29 is 22.4 Å². The summed E-state index contributed by atoms with van der Waals surface area (Å²) in [5.74, 6) is -1.17. The number of aryl methyl sites for hydroxylation is 1. The van der Waals surface area contributed by atoms with E-state index in [9.17, 15) is 22.4 Å². The molecule has 0 radical (unpaired) electrons. The molecule has 7 nitrogen and oxygen atoms in total. The minimum absolute atomic E-state index is 0.0161. The fraction of sp³-hybridized carbons (Fsp3) is 0.273. The van der Waals surface area contributed by atoms with Gasteiger partial charge in [0.2, 0.25) is 0 Å². The van der Waals surface area contributed by atoms with Crippen LogP contribution in [0, 0.1) is 12.7 Å². The van der Waals surface area contributed by atoms with E-state index >= 15 is 0 Å². The summed E-state index contributed by atoms with van der Waals surface area (Å²) in [5.41, 5.74) is 0.491. The number of hydrogen-bond acceptors (Lipinski definition) is 4. The molecule has 0 aliphatic carbocycles. The fourth-order valence-corrected chi connectivity index (χ4v) is 3.61. The van der Waals surface area contributed by atoms with Crippen molar-refractivity contribution >= 4 is 11.6 Å². The molecule has 0 aliphatic heterocycles. The number of alkyl halides is 3. The summed E-state index contributed by atoms with van der Waals surface area (Å²) in [6.45, 7) is 6.23. The molecule has 0 aliphatic rings. The van der Waals surface area contributed by atoms with Gasteiger partial charge in [-0.3, -0.25) is 9.48 Å². The Morgan fingerprint density at radius 2 is 1.88 bits per heavy atom. The molecular weight excluding hydrogens is 440 g/mol. The van der Waals surface area contributed by atoms with E-state index in [-0.39, 0.29) is 17.0 Å². The quantitative estimate of drug-likeness (QED) is 0.443. The monoisotopic (exact) mass is 460 g/mol. The van der Waals surface area contributed by atoms with Gasteiger partial charge in [0, 0.05) is 29.4 Å². The molecule has 4 aromatic rings. The number of carbonyl (C=O) groups excluding carboxylic acids is 1. The van der Waals surface area contributed by atoms with Gasteiger partial charge in [-0.25, -0.2) is 13.9 Å². The Morgan fingerprint density at radius 3 is 2.48 bits per heavy atom. The summed E-state index contributed by atoms with van der Waals surface area (Å²) in [7, 11) is 0. The predicted molar refractivity (Wildman–Crippen MR) is 112 cm³/mol. The summed E-state index contributed by atoms with van der Waals surface area (Å²) in [6, 6.07) is 6.50. The second kappa shape index (κ2) is 8.30. The molecule has 11 heteroatoms. The van der Waals surface area contributed by atoms with E-state index in [0.29, 0.717) is 16.6 Å². The van der Waals surface area contributed by atoms with E-state index < -0.39 is 29.6 Å². The lowest BCUT2D eigenvalue weighted by atomic mass is 10.1. The fourth-order valence-electron chi connectivity index (χ4n) is 3.61. The zero-order valence-corrected chi connectivity index (χ0v) is 18.0. The van der Waals surface area contributed by atoms with Crippen LogP contribution >= 0.6 is 0 Å². The Hall–Kier alpha value is -3.76. The van der Waals surface area contributed by atoms with E-state index in [2.05, 4.69) is 20.5 Å². The van der Waals surface area contributed by atoms with Crippen molar-refractivity contribution in [3.05, 3.63) is 71.1 Å². The standard InChI is InChI=1S/C22H20F4N6O/c1-4-31-13(3)16(11-27-31)12(2)28-21(33)18-10-20-29-17(14-5-7-15(23)8-6-14)9-19(22(24,25)26)32(20)30-18/h5-12H,4H2,1-3H3,(H,28,33). The van der Waals surface area contributed by atoms with Crippen LogP contribution in [0.3, 0.4) is 0 Å². The molecule has 1 atom stereocenters. The summed E-state index contributed by atoms with van der Waals surface area (Å²) >= 11 is 0. The number of amides is 1. The second-order valence-electron chi connectivity index (χ2n) is 7.53. The number of benzene rings is 1. The average molecular weight is 460 g/mol. The smallest absolute Gasteiger partial charge is 0.344 e. The van der Waals surface area contributed by atoms with Gasteiger partial charge >= 0.3 is 6.18 Å². The van der Waals surface area contributed by atoms with E-state index in [1.54, 1.807) is 17.8 Å². The molecule has 4 rings (SSSR count). The average Bonchev–Trinajstić information content (AvgIpc) is 3.36. The summed E-state index contributed by atoms with van der Waals surface area (Å²) < 4.78 is 56.8. The van der Waals surface area contributed by atoms with Gasteiger partial charge in [0.1, 0.15) is 5.82 Å². The molecule has 1 N–H and O–H groups in total. The number of nitrogens with zero attached hydrogens (tertiary/aromatic N) is 5. The van der Waals surface area contributed by atoms with Crippen LogP contribution in [0.15, 0.2) is 42.6 Å². The number of fused-ring (bicyclic) bond motifs is 1. The van der Waals surface area contributed by atoms with Crippen molar-refractivity contribution in [3.8, 4) is 11.3 Å². The Labute approximate surface area is 186 Å². The zero-order valence-electron chi connectivity index (χ0n) is 18.0. The summed E-state index contributed by atoms with van der Waals surface area (Å²) in [5, 5.41) is 10.8. The molecule has 1 amide bonds. The third kappa shape index (κ3) is 4.30. The number of carbonyl (C=O) groups is 1. The highest BCUT2D eigenvalue weighted by molar-refractivity contribution is 5.93. The summed E-state index contributed by atoms with van der Waals surface area (Å²) in [4.78, 5) is 17.0. The lowest BCUT2D eigenvalue weighted by Crippen LogP contribution is -2.27. The van der Waals surface area contributed by atoms with Crippen LogP contribution < -0.4 is 5.32 Å². The van der Waals surface area contributed by atoms with Gasteiger partial charge < -0.3 is 5.32 Å². The van der Waals surface area contributed by atoms with Crippen LogP contribution in [0.1, 0.15) is 47.3 Å². The maximum absolute atomic E-state index is 13.7. The van der Waals surface area contributed by atoms with E-state index in [4.69, 9.17) is 0 Å². The number of nitrogens with one attached hydrogen (secondary N) is 1. The van der Waals surface area contributed by atoms with Gasteiger partial charge in [0.05, 0.1) is 17.9 Å². The molecule has 0 bridgehead atoms. The van der Waals surface area contributed by atoms with Gasteiger partial charge in [-0.1, -0.05) is 0 Å². The largest absolute Gasteiger partial charge is 0.433 e. The van der Waals surface area contributed by atoms with Gasteiger partial charge in [0.15, 0.2) is 17.0 Å². The van der Waals surface area contributed by atoms with Crippen LogP contribution in [-0.4, -0.2) is 30.3 Å². The van der Waals surface area contributed by atoms with Gasteiger partial charge in [-0.05, 0) is 51.1 Å². The van der Waals surface area contributed by atoms with Gasteiger partial charge in [-0.2, -0.15) is 23.4 Å². The molecule has 172 valence electrons. The Bertz CT molecular complexity index is 1320. The Balaban J connectivity index is 1.71. The topological polar surface area (TPSA) is 77.1 Å². The molecular formula is C22H20F4N6O. The number of aromatic nitrogens is 5. The van der Waals surface area contributed by atoms with Crippen molar-refractivity contribution in [1.29, 1.82) is 0 Å². The van der Waals surface area contributed by atoms with Crippen LogP contribution in [0.25, 0.3) is 16.9 Å². The molecule has 0 saturated heterocycles. The highest BCUT2D eigenvalue weighted by atomic mass is 19.4. The first-order valence-electron chi connectivity index (χ1n) is 10.2. The zero-order chi connectivity index (χ0) is 23.9. The summed E-state index contributed by atoms with van der Waals surface area (Å²) in [6.07, 6.45) is -3.11. The van der Waals surface area contributed by atoms with Gasteiger partial charge in [0.25, 0.3) is 5.91 Å². The lowest BCUT2D eigenvalue weighted by Gasteiger charge is -2.13. The van der Waals surface area contributed by atoms with Gasteiger partial charge in [-0.15, -0.1) is 0 Å².